The molecule has 2 aliphatic rings. The Labute approximate surface area is 139 Å². The first-order valence-electron chi connectivity index (χ1n) is 7.61. The van der Waals surface area contributed by atoms with Gasteiger partial charge in [-0.3, -0.25) is 9.59 Å². The third kappa shape index (κ3) is 2.85. The van der Waals surface area contributed by atoms with Gasteiger partial charge in [-0.25, -0.2) is 8.78 Å². The van der Waals surface area contributed by atoms with Crippen LogP contribution < -0.4 is 0 Å². The van der Waals surface area contributed by atoms with E-state index in [2.05, 4.69) is 0 Å². The number of likely N-dealkylation sites (tertiary alicyclic amines) is 1. The van der Waals surface area contributed by atoms with Crippen LogP contribution in [0.4, 0.5) is 22.0 Å². The number of alkyl halides is 3. The zero-order chi connectivity index (χ0) is 18.6. The zero-order valence-corrected chi connectivity index (χ0v) is 12.8. The SMILES string of the molecule is O=C(C1CC1c1cc(F)ccc1F)N1CCC(C(=O)O)(C(F)(F)F)C1. The van der Waals surface area contributed by atoms with Gasteiger partial charge in [0.05, 0.1) is 0 Å². The Balaban J connectivity index is 1.74. The number of carboxylic acid groups (broad SMARTS) is 1. The van der Waals surface area contributed by atoms with E-state index < -0.39 is 59.9 Å². The Kier molecular flexibility index (Phi) is 4.00. The monoisotopic (exact) mass is 363 g/mol. The number of aliphatic carboxylic acids is 1. The van der Waals surface area contributed by atoms with Gasteiger partial charge >= 0.3 is 12.1 Å². The van der Waals surface area contributed by atoms with Crippen molar-refractivity contribution in [1.29, 1.82) is 0 Å². The maximum absolute atomic E-state index is 13.7. The smallest absolute Gasteiger partial charge is 0.406 e. The van der Waals surface area contributed by atoms with Crippen molar-refractivity contribution < 1.29 is 36.6 Å². The molecule has 9 heteroatoms. The van der Waals surface area contributed by atoms with Crippen LogP contribution in [0.1, 0.15) is 24.3 Å². The topological polar surface area (TPSA) is 57.6 Å². The van der Waals surface area contributed by atoms with E-state index in [4.69, 9.17) is 5.11 Å². The summed E-state index contributed by atoms with van der Waals surface area (Å²) < 4.78 is 66.4. The lowest BCUT2D eigenvalue weighted by molar-refractivity contribution is -0.227. The molecule has 0 bridgehead atoms. The molecule has 4 nitrogen and oxygen atoms in total. The molecule has 1 aliphatic heterocycles. The average Bonchev–Trinajstić information content (AvgIpc) is 3.16. The average molecular weight is 363 g/mol. The highest BCUT2D eigenvalue weighted by atomic mass is 19.4. The van der Waals surface area contributed by atoms with Crippen LogP contribution in [0.15, 0.2) is 18.2 Å². The molecule has 3 atom stereocenters. The summed E-state index contributed by atoms with van der Waals surface area (Å²) in [6.07, 6.45) is -5.50. The lowest BCUT2D eigenvalue weighted by Crippen LogP contribution is -2.48. The summed E-state index contributed by atoms with van der Waals surface area (Å²) in [5.74, 6) is -5.38. The van der Waals surface area contributed by atoms with Crippen molar-refractivity contribution in [3.8, 4) is 0 Å². The van der Waals surface area contributed by atoms with Crippen LogP contribution in [0, 0.1) is 23.0 Å². The molecule has 1 aliphatic carbocycles. The van der Waals surface area contributed by atoms with Gasteiger partial charge in [0.25, 0.3) is 0 Å². The number of halogens is 5. The first kappa shape index (κ1) is 17.6. The molecule has 1 amide bonds. The number of nitrogens with zero attached hydrogens (tertiary/aromatic N) is 1. The molecule has 0 spiro atoms. The second-order valence-electron chi connectivity index (χ2n) is 6.51. The molecule has 136 valence electrons. The van der Waals surface area contributed by atoms with E-state index in [1.165, 1.54) is 0 Å². The quantitative estimate of drug-likeness (QED) is 0.841. The molecule has 2 fully saturated rings. The van der Waals surface area contributed by atoms with E-state index in [1.54, 1.807) is 0 Å². The maximum atomic E-state index is 13.7. The van der Waals surface area contributed by atoms with Crippen molar-refractivity contribution >= 4 is 11.9 Å². The Morgan fingerprint density at radius 1 is 1.24 bits per heavy atom. The molecule has 25 heavy (non-hydrogen) atoms. The highest BCUT2D eigenvalue weighted by Crippen LogP contribution is 2.52. The molecular weight excluding hydrogens is 349 g/mol. The normalized spacial score (nSPS) is 28.9. The number of carbonyl (C=O) groups is 2. The fourth-order valence-electron chi connectivity index (χ4n) is 3.37. The van der Waals surface area contributed by atoms with Crippen molar-refractivity contribution in [2.24, 2.45) is 11.3 Å². The Morgan fingerprint density at radius 3 is 2.48 bits per heavy atom. The largest absolute Gasteiger partial charge is 0.481 e. The molecule has 1 saturated carbocycles. The summed E-state index contributed by atoms with van der Waals surface area (Å²) in [7, 11) is 0. The highest BCUT2D eigenvalue weighted by molar-refractivity contribution is 5.85. The lowest BCUT2D eigenvalue weighted by atomic mass is 9.86. The van der Waals surface area contributed by atoms with E-state index in [0.29, 0.717) is 0 Å². The molecule has 1 aromatic carbocycles. The molecule has 1 N–H and O–H groups in total. The Bertz CT molecular complexity index is 735. The fraction of sp³-hybridized carbons (Fsp3) is 0.500. The summed E-state index contributed by atoms with van der Waals surface area (Å²) in [4.78, 5) is 24.4. The highest BCUT2D eigenvalue weighted by Gasteiger charge is 2.65. The second-order valence-corrected chi connectivity index (χ2v) is 6.51. The van der Waals surface area contributed by atoms with Gasteiger partial charge in [-0.15, -0.1) is 0 Å². The number of benzene rings is 1. The summed E-state index contributed by atoms with van der Waals surface area (Å²) in [6.45, 7) is -1.29. The number of carboxylic acids is 1. The van der Waals surface area contributed by atoms with Gasteiger partial charge in [0, 0.05) is 19.0 Å². The first-order valence-corrected chi connectivity index (χ1v) is 7.61. The summed E-state index contributed by atoms with van der Waals surface area (Å²) in [5, 5.41) is 9.00. The number of hydrogen-bond acceptors (Lipinski definition) is 2. The van der Waals surface area contributed by atoms with Crippen molar-refractivity contribution in [1.82, 2.24) is 4.90 Å². The van der Waals surface area contributed by atoms with Crippen LogP contribution in [0.5, 0.6) is 0 Å². The van der Waals surface area contributed by atoms with E-state index in [1.807, 2.05) is 0 Å². The zero-order valence-electron chi connectivity index (χ0n) is 12.8. The van der Waals surface area contributed by atoms with Crippen molar-refractivity contribution in [3.05, 3.63) is 35.4 Å². The number of rotatable bonds is 3. The van der Waals surface area contributed by atoms with Gasteiger partial charge < -0.3 is 10.0 Å². The molecule has 1 heterocycles. The standard InChI is InChI=1S/C16H14F5NO3/c17-8-1-2-12(18)10(5-8)9-6-11(9)13(23)22-4-3-15(7-22,14(24)25)16(19,20)21/h1-2,5,9,11H,3-4,6-7H2,(H,24,25). The van der Waals surface area contributed by atoms with Gasteiger partial charge in [-0.05, 0) is 42.5 Å². The van der Waals surface area contributed by atoms with E-state index in [9.17, 15) is 31.5 Å². The summed E-state index contributed by atoms with van der Waals surface area (Å²) in [5.41, 5.74) is -2.96. The van der Waals surface area contributed by atoms with Crippen molar-refractivity contribution in [2.75, 3.05) is 13.1 Å². The molecule has 0 radical (unpaired) electrons. The lowest BCUT2D eigenvalue weighted by Gasteiger charge is -2.27. The minimum Gasteiger partial charge on any atom is -0.481 e. The Hall–Kier alpha value is -2.19. The molecular formula is C16H14F5NO3. The van der Waals surface area contributed by atoms with Gasteiger partial charge in [-0.2, -0.15) is 13.2 Å². The van der Waals surface area contributed by atoms with E-state index in [0.717, 1.165) is 23.1 Å². The van der Waals surface area contributed by atoms with Crippen LogP contribution in [0.3, 0.4) is 0 Å². The van der Waals surface area contributed by atoms with E-state index in [-0.39, 0.29) is 18.5 Å². The fourth-order valence-corrected chi connectivity index (χ4v) is 3.37. The molecule has 3 rings (SSSR count). The first-order chi connectivity index (χ1) is 11.6. The van der Waals surface area contributed by atoms with Crippen LogP contribution in [0.25, 0.3) is 0 Å². The Morgan fingerprint density at radius 2 is 1.92 bits per heavy atom. The number of amides is 1. The number of hydrogen-bond donors (Lipinski definition) is 1. The second kappa shape index (κ2) is 5.67. The van der Waals surface area contributed by atoms with E-state index >= 15 is 0 Å². The third-order valence-corrected chi connectivity index (χ3v) is 5.00. The predicted octanol–water partition coefficient (Wildman–Crippen LogP) is 2.93. The van der Waals surface area contributed by atoms with Crippen LogP contribution in [-0.2, 0) is 9.59 Å². The minimum absolute atomic E-state index is 0.0119. The van der Waals surface area contributed by atoms with Crippen molar-refractivity contribution in [3.63, 3.8) is 0 Å². The van der Waals surface area contributed by atoms with Crippen molar-refractivity contribution in [2.45, 2.75) is 24.9 Å². The molecule has 1 aromatic rings. The molecule has 1 saturated heterocycles. The maximum Gasteiger partial charge on any atom is 0.406 e. The third-order valence-electron chi connectivity index (χ3n) is 5.00. The predicted molar refractivity (Wildman–Crippen MR) is 74.5 cm³/mol. The van der Waals surface area contributed by atoms with Gasteiger partial charge in [-0.1, -0.05) is 0 Å². The summed E-state index contributed by atoms with van der Waals surface area (Å²) in [6, 6.07) is 2.83. The summed E-state index contributed by atoms with van der Waals surface area (Å²) >= 11 is 0. The van der Waals surface area contributed by atoms with Gasteiger partial charge in [0.1, 0.15) is 11.6 Å². The van der Waals surface area contributed by atoms with Crippen LogP contribution in [-0.4, -0.2) is 41.1 Å². The van der Waals surface area contributed by atoms with Gasteiger partial charge in [0.15, 0.2) is 5.41 Å². The minimum atomic E-state index is -4.98. The van der Waals surface area contributed by atoms with Gasteiger partial charge in [0.2, 0.25) is 5.91 Å². The molecule has 0 aromatic heterocycles. The van der Waals surface area contributed by atoms with Crippen LogP contribution >= 0.6 is 0 Å². The molecule has 3 unspecified atom stereocenters. The number of carbonyl (C=O) groups excluding carboxylic acids is 1. The van der Waals surface area contributed by atoms with Crippen LogP contribution in [0.2, 0.25) is 0 Å².